The second kappa shape index (κ2) is 12.1. The monoisotopic (exact) mass is 553 g/mol. The van der Waals surface area contributed by atoms with Crippen molar-refractivity contribution in [3.05, 3.63) is 76.3 Å². The molecule has 0 bridgehead atoms. The van der Waals surface area contributed by atoms with Crippen molar-refractivity contribution in [3.63, 3.8) is 0 Å². The second-order valence-corrected chi connectivity index (χ2v) is 10.3. The van der Waals surface area contributed by atoms with Crippen molar-refractivity contribution >= 4 is 40.8 Å². The number of hydrogen-bond donors (Lipinski definition) is 0. The number of benzene rings is 2. The molecule has 2 saturated heterocycles. The van der Waals surface area contributed by atoms with E-state index in [0.29, 0.717) is 60.6 Å². The van der Waals surface area contributed by atoms with E-state index < -0.39 is 0 Å². The van der Waals surface area contributed by atoms with E-state index in [1.165, 1.54) is 0 Å². The van der Waals surface area contributed by atoms with Gasteiger partial charge in [0.15, 0.2) is 5.82 Å². The van der Waals surface area contributed by atoms with Gasteiger partial charge in [0, 0.05) is 55.5 Å². The molecule has 2 aliphatic rings. The fourth-order valence-electron chi connectivity index (χ4n) is 4.78. The van der Waals surface area contributed by atoms with E-state index >= 15 is 0 Å². The maximum Gasteiger partial charge on any atom is 0.254 e. The number of carbonyl (C=O) groups excluding carboxylic acids is 2. The van der Waals surface area contributed by atoms with Crippen molar-refractivity contribution in [2.75, 3.05) is 50.8 Å². The predicted molar refractivity (Wildman–Crippen MR) is 148 cm³/mol. The van der Waals surface area contributed by atoms with Crippen LogP contribution in [-0.2, 0) is 9.53 Å². The minimum atomic E-state index is -0.196. The maximum atomic E-state index is 13.3. The van der Waals surface area contributed by atoms with Gasteiger partial charge in [-0.25, -0.2) is 0 Å². The fraction of sp³-hybridized carbons (Fsp3) is 0.357. The zero-order valence-electron chi connectivity index (χ0n) is 20.9. The summed E-state index contributed by atoms with van der Waals surface area (Å²) >= 11 is 12.3. The summed E-state index contributed by atoms with van der Waals surface area (Å²) in [4.78, 5) is 32.1. The third-order valence-corrected chi connectivity index (χ3v) is 7.49. The average molecular weight is 554 g/mol. The second-order valence-electron chi connectivity index (χ2n) is 9.45. The van der Waals surface area contributed by atoms with E-state index in [9.17, 15) is 9.59 Å². The normalized spacial score (nSPS) is 17.5. The Morgan fingerprint density at radius 3 is 2.37 bits per heavy atom. The summed E-state index contributed by atoms with van der Waals surface area (Å²) in [5.41, 5.74) is 2.05. The van der Waals surface area contributed by atoms with Gasteiger partial charge in [-0.05, 0) is 55.3 Å². The first-order chi connectivity index (χ1) is 18.5. The molecule has 10 heteroatoms. The lowest BCUT2D eigenvalue weighted by Crippen LogP contribution is -2.52. The molecule has 2 fully saturated rings. The first-order valence-electron chi connectivity index (χ1n) is 12.8. The zero-order valence-corrected chi connectivity index (χ0v) is 22.4. The fourth-order valence-corrected chi connectivity index (χ4v) is 5.14. The van der Waals surface area contributed by atoms with Crippen LogP contribution in [0, 0.1) is 0 Å². The lowest BCUT2D eigenvalue weighted by atomic mass is 10.1. The number of amides is 2. The third kappa shape index (κ3) is 6.26. The van der Waals surface area contributed by atoms with E-state index in [1.807, 2.05) is 36.4 Å². The van der Waals surface area contributed by atoms with Crippen LogP contribution in [0.15, 0.2) is 60.7 Å². The maximum absolute atomic E-state index is 13.3. The van der Waals surface area contributed by atoms with Crippen molar-refractivity contribution in [1.29, 1.82) is 0 Å². The molecule has 3 aromatic rings. The Labute approximate surface area is 232 Å². The summed E-state index contributed by atoms with van der Waals surface area (Å²) < 4.78 is 5.76. The van der Waals surface area contributed by atoms with Crippen molar-refractivity contribution in [2.24, 2.45) is 0 Å². The highest BCUT2D eigenvalue weighted by Gasteiger charge is 2.29. The molecule has 2 aromatic carbocycles. The molecule has 8 nitrogen and oxygen atoms in total. The summed E-state index contributed by atoms with van der Waals surface area (Å²) in [6, 6.07) is 18.1. The molecule has 0 radical (unpaired) electrons. The number of nitrogens with zero attached hydrogens (tertiary/aromatic N) is 5. The number of aromatic nitrogens is 2. The molecule has 1 unspecified atom stereocenters. The van der Waals surface area contributed by atoms with Crippen molar-refractivity contribution in [1.82, 2.24) is 20.0 Å². The van der Waals surface area contributed by atoms with Crippen molar-refractivity contribution in [2.45, 2.75) is 18.9 Å². The average Bonchev–Trinajstić information content (AvgIpc) is 3.46. The van der Waals surface area contributed by atoms with Crippen LogP contribution in [0.2, 0.25) is 10.0 Å². The molecular formula is C28H29Cl2N5O3. The minimum Gasteiger partial charge on any atom is -0.376 e. The predicted octanol–water partition coefficient (Wildman–Crippen LogP) is 4.42. The van der Waals surface area contributed by atoms with Crippen LogP contribution in [0.1, 0.15) is 23.2 Å². The summed E-state index contributed by atoms with van der Waals surface area (Å²) in [6.07, 6.45) is 1.79. The van der Waals surface area contributed by atoms with Crippen LogP contribution in [0.4, 0.5) is 5.82 Å². The Morgan fingerprint density at radius 1 is 0.947 bits per heavy atom. The number of anilines is 1. The number of ether oxygens (including phenoxy) is 1. The molecule has 38 heavy (non-hydrogen) atoms. The van der Waals surface area contributed by atoms with Gasteiger partial charge in [0.05, 0.1) is 16.8 Å². The smallest absolute Gasteiger partial charge is 0.254 e. The van der Waals surface area contributed by atoms with Crippen LogP contribution in [-0.4, -0.2) is 83.8 Å². The topological polar surface area (TPSA) is 78.9 Å². The zero-order chi connectivity index (χ0) is 26.5. The van der Waals surface area contributed by atoms with Crippen LogP contribution >= 0.6 is 23.2 Å². The van der Waals surface area contributed by atoms with Crippen LogP contribution < -0.4 is 4.90 Å². The van der Waals surface area contributed by atoms with Crippen LogP contribution in [0.25, 0.3) is 11.3 Å². The Morgan fingerprint density at radius 2 is 1.71 bits per heavy atom. The number of rotatable bonds is 7. The lowest BCUT2D eigenvalue weighted by molar-refractivity contribution is -0.132. The molecule has 1 atom stereocenters. The molecule has 2 aliphatic heterocycles. The van der Waals surface area contributed by atoms with Crippen LogP contribution in [0.3, 0.4) is 0 Å². The van der Waals surface area contributed by atoms with E-state index in [4.69, 9.17) is 27.9 Å². The molecular weight excluding hydrogens is 525 g/mol. The highest BCUT2D eigenvalue weighted by molar-refractivity contribution is 6.33. The summed E-state index contributed by atoms with van der Waals surface area (Å²) in [5, 5.41) is 9.95. The summed E-state index contributed by atoms with van der Waals surface area (Å²) in [5.74, 6) is 0.481. The molecule has 0 N–H and O–H groups in total. The Balaban J connectivity index is 1.20. The standard InChI is InChI=1S/C28H29Cl2N5O3/c29-21-9-7-20(8-10-21)28(37)35(18-22-4-3-17-38-22)19-27(36)34-15-13-33(14-16-34)26-12-11-25(31-32-26)23-5-1-2-6-24(23)30/h1-2,5-12,22H,3-4,13-19H2. The Hall–Kier alpha value is -3.20. The molecule has 2 amide bonds. The van der Waals surface area contributed by atoms with E-state index in [-0.39, 0.29) is 24.5 Å². The number of halogens is 2. The van der Waals surface area contributed by atoms with Gasteiger partial charge in [0.2, 0.25) is 5.91 Å². The van der Waals surface area contributed by atoms with Crippen molar-refractivity contribution < 1.29 is 14.3 Å². The first-order valence-corrected chi connectivity index (χ1v) is 13.5. The van der Waals surface area contributed by atoms with Crippen LogP contribution in [0.5, 0.6) is 0 Å². The number of hydrogen-bond acceptors (Lipinski definition) is 6. The highest BCUT2D eigenvalue weighted by Crippen LogP contribution is 2.26. The number of carbonyl (C=O) groups is 2. The largest absolute Gasteiger partial charge is 0.376 e. The van der Waals surface area contributed by atoms with Gasteiger partial charge in [-0.1, -0.05) is 41.4 Å². The Kier molecular flexibility index (Phi) is 8.42. The van der Waals surface area contributed by atoms with Gasteiger partial charge in [0.1, 0.15) is 6.54 Å². The highest BCUT2D eigenvalue weighted by atomic mass is 35.5. The van der Waals surface area contributed by atoms with E-state index in [0.717, 1.165) is 24.2 Å². The van der Waals surface area contributed by atoms with E-state index in [2.05, 4.69) is 15.1 Å². The van der Waals surface area contributed by atoms with Crippen molar-refractivity contribution in [3.8, 4) is 11.3 Å². The van der Waals surface area contributed by atoms with Gasteiger partial charge in [0.25, 0.3) is 5.91 Å². The SMILES string of the molecule is O=C(CN(CC1CCCO1)C(=O)c1ccc(Cl)cc1)N1CCN(c2ccc(-c3ccccc3Cl)nn2)CC1. The molecule has 0 saturated carbocycles. The van der Waals surface area contributed by atoms with E-state index in [1.54, 1.807) is 34.1 Å². The third-order valence-electron chi connectivity index (χ3n) is 6.91. The van der Waals surface area contributed by atoms with Gasteiger partial charge >= 0.3 is 0 Å². The summed E-state index contributed by atoms with van der Waals surface area (Å²) in [7, 11) is 0. The minimum absolute atomic E-state index is 0.00760. The quantitative estimate of drug-likeness (QED) is 0.431. The van der Waals surface area contributed by atoms with Gasteiger partial charge < -0.3 is 19.4 Å². The molecule has 198 valence electrons. The van der Waals surface area contributed by atoms with Gasteiger partial charge in [-0.2, -0.15) is 0 Å². The lowest BCUT2D eigenvalue weighted by Gasteiger charge is -2.36. The van der Waals surface area contributed by atoms with Gasteiger partial charge in [-0.3, -0.25) is 9.59 Å². The first kappa shape index (κ1) is 26.4. The molecule has 0 aliphatic carbocycles. The van der Waals surface area contributed by atoms with Gasteiger partial charge in [-0.15, -0.1) is 10.2 Å². The number of piperazine rings is 1. The summed E-state index contributed by atoms with van der Waals surface area (Å²) in [6.45, 7) is 3.41. The molecule has 3 heterocycles. The Bertz CT molecular complexity index is 1260. The molecule has 5 rings (SSSR count). The molecule has 1 aromatic heterocycles. The molecule has 0 spiro atoms.